The molecule has 2 unspecified atom stereocenters. The first-order valence-electron chi connectivity index (χ1n) is 6.53. The van der Waals surface area contributed by atoms with Crippen LogP contribution in [0.15, 0.2) is 33.7 Å². The summed E-state index contributed by atoms with van der Waals surface area (Å²) in [5.74, 6) is 0.999. The van der Waals surface area contributed by atoms with Crippen molar-refractivity contribution in [1.82, 2.24) is 5.32 Å². The molecule has 2 aliphatic rings. The zero-order valence-electron chi connectivity index (χ0n) is 10.2. The summed E-state index contributed by atoms with van der Waals surface area (Å²) in [6, 6.07) is 9.69. The minimum Gasteiger partial charge on any atom is -0.360 e. The van der Waals surface area contributed by atoms with Crippen LogP contribution in [0.5, 0.6) is 0 Å². The van der Waals surface area contributed by atoms with Gasteiger partial charge in [-0.1, -0.05) is 52.7 Å². The van der Waals surface area contributed by atoms with Crippen LogP contribution in [0.25, 0.3) is 0 Å². The second-order valence-electron chi connectivity index (χ2n) is 4.95. The molecule has 4 heteroatoms. The van der Waals surface area contributed by atoms with E-state index in [2.05, 4.69) is 45.5 Å². The SMILES string of the molecule is Brc1ccc(CSC2=NC3CCCCC3N2)cc1. The minimum atomic E-state index is 0.547. The van der Waals surface area contributed by atoms with E-state index < -0.39 is 0 Å². The molecule has 1 saturated carbocycles. The highest BCUT2D eigenvalue weighted by atomic mass is 79.9. The molecule has 0 radical (unpaired) electrons. The van der Waals surface area contributed by atoms with Gasteiger partial charge in [0, 0.05) is 10.2 Å². The predicted octanol–water partition coefficient (Wildman–Crippen LogP) is 3.95. The Bertz CT molecular complexity index is 444. The van der Waals surface area contributed by atoms with Gasteiger partial charge in [-0.05, 0) is 30.5 Å². The first kappa shape index (κ1) is 12.5. The number of benzene rings is 1. The van der Waals surface area contributed by atoms with E-state index in [1.54, 1.807) is 0 Å². The lowest BCUT2D eigenvalue weighted by Crippen LogP contribution is -2.36. The Morgan fingerprint density at radius 2 is 2.00 bits per heavy atom. The lowest BCUT2D eigenvalue weighted by Gasteiger charge is -2.23. The van der Waals surface area contributed by atoms with E-state index in [1.807, 2.05) is 11.8 Å². The number of hydrogen-bond acceptors (Lipinski definition) is 3. The number of hydrogen-bond donors (Lipinski definition) is 1. The maximum absolute atomic E-state index is 4.80. The summed E-state index contributed by atoms with van der Waals surface area (Å²) >= 11 is 5.29. The van der Waals surface area contributed by atoms with Crippen molar-refractivity contribution in [3.63, 3.8) is 0 Å². The van der Waals surface area contributed by atoms with Crippen molar-refractivity contribution in [2.45, 2.75) is 43.5 Å². The molecule has 2 atom stereocenters. The molecule has 1 aliphatic heterocycles. The fraction of sp³-hybridized carbons (Fsp3) is 0.500. The molecular weight excluding hydrogens is 308 g/mol. The largest absolute Gasteiger partial charge is 0.360 e. The van der Waals surface area contributed by atoms with E-state index in [-0.39, 0.29) is 0 Å². The molecule has 1 N–H and O–H groups in total. The molecule has 0 bridgehead atoms. The molecule has 0 spiro atoms. The van der Waals surface area contributed by atoms with Crippen molar-refractivity contribution in [1.29, 1.82) is 0 Å². The van der Waals surface area contributed by atoms with Gasteiger partial charge in [0.25, 0.3) is 0 Å². The van der Waals surface area contributed by atoms with Gasteiger partial charge in [0.15, 0.2) is 5.17 Å². The maximum atomic E-state index is 4.80. The number of amidine groups is 1. The second-order valence-corrected chi connectivity index (χ2v) is 6.83. The fourth-order valence-electron chi connectivity index (χ4n) is 2.59. The Kier molecular flexibility index (Phi) is 3.94. The Morgan fingerprint density at radius 1 is 1.22 bits per heavy atom. The standard InChI is InChI=1S/C14H17BrN2S/c15-11-7-5-10(6-8-11)9-18-14-16-12-3-1-2-4-13(12)17-14/h5-8,12-13H,1-4,9H2,(H,16,17). The molecule has 2 nitrogen and oxygen atoms in total. The van der Waals surface area contributed by atoms with Crippen molar-refractivity contribution in [3.8, 4) is 0 Å². The molecule has 0 saturated heterocycles. The van der Waals surface area contributed by atoms with Gasteiger partial charge in [-0.3, -0.25) is 4.99 Å². The molecule has 1 aromatic carbocycles. The average Bonchev–Trinajstić information content (AvgIpc) is 2.81. The second kappa shape index (κ2) is 5.66. The average molecular weight is 325 g/mol. The third-order valence-electron chi connectivity index (χ3n) is 3.61. The van der Waals surface area contributed by atoms with E-state index in [4.69, 9.17) is 4.99 Å². The molecular formula is C14H17BrN2S. The molecule has 1 heterocycles. The van der Waals surface area contributed by atoms with Gasteiger partial charge in [0.2, 0.25) is 0 Å². The van der Waals surface area contributed by atoms with E-state index in [0.717, 1.165) is 15.4 Å². The normalized spacial score (nSPS) is 26.4. The van der Waals surface area contributed by atoms with E-state index in [9.17, 15) is 0 Å². The van der Waals surface area contributed by atoms with Gasteiger partial charge >= 0.3 is 0 Å². The van der Waals surface area contributed by atoms with Crippen LogP contribution in [0.4, 0.5) is 0 Å². The predicted molar refractivity (Wildman–Crippen MR) is 82.1 cm³/mol. The smallest absolute Gasteiger partial charge is 0.157 e. The summed E-state index contributed by atoms with van der Waals surface area (Å²) in [6.07, 6.45) is 5.25. The first-order chi connectivity index (χ1) is 8.81. The summed E-state index contributed by atoms with van der Waals surface area (Å²) < 4.78 is 1.14. The van der Waals surface area contributed by atoms with Crippen LogP contribution in [0.2, 0.25) is 0 Å². The van der Waals surface area contributed by atoms with Gasteiger partial charge < -0.3 is 5.32 Å². The highest BCUT2D eigenvalue weighted by Gasteiger charge is 2.30. The number of thioether (sulfide) groups is 1. The third kappa shape index (κ3) is 2.91. The molecule has 0 amide bonds. The zero-order valence-corrected chi connectivity index (χ0v) is 12.6. The topological polar surface area (TPSA) is 24.4 Å². The molecule has 1 aliphatic carbocycles. The number of rotatable bonds is 2. The summed E-state index contributed by atoms with van der Waals surface area (Å²) in [4.78, 5) is 4.80. The number of aliphatic imine (C=N–C) groups is 1. The Hall–Kier alpha value is -0.480. The van der Waals surface area contributed by atoms with Crippen LogP contribution in [0.1, 0.15) is 31.2 Å². The lowest BCUT2D eigenvalue weighted by molar-refractivity contribution is 0.385. The van der Waals surface area contributed by atoms with Crippen LogP contribution < -0.4 is 5.32 Å². The van der Waals surface area contributed by atoms with E-state index in [1.165, 1.54) is 31.2 Å². The van der Waals surface area contributed by atoms with Crippen LogP contribution in [0, 0.1) is 0 Å². The van der Waals surface area contributed by atoms with Crippen LogP contribution in [0.3, 0.4) is 0 Å². The molecule has 96 valence electrons. The van der Waals surface area contributed by atoms with Gasteiger partial charge in [0.1, 0.15) is 0 Å². The molecule has 1 fully saturated rings. The third-order valence-corrected chi connectivity index (χ3v) is 5.11. The Labute approximate surface area is 121 Å². The molecule has 0 aromatic heterocycles. The Morgan fingerprint density at radius 3 is 2.78 bits per heavy atom. The van der Waals surface area contributed by atoms with Gasteiger partial charge in [-0.25, -0.2) is 0 Å². The van der Waals surface area contributed by atoms with E-state index in [0.29, 0.717) is 12.1 Å². The van der Waals surface area contributed by atoms with Crippen molar-refractivity contribution < 1.29 is 0 Å². The quantitative estimate of drug-likeness (QED) is 0.890. The fourth-order valence-corrected chi connectivity index (χ4v) is 3.80. The summed E-state index contributed by atoms with van der Waals surface area (Å²) in [5, 5.41) is 4.73. The van der Waals surface area contributed by atoms with E-state index >= 15 is 0 Å². The molecule has 1 aromatic rings. The van der Waals surface area contributed by atoms with Crippen molar-refractivity contribution >= 4 is 32.9 Å². The summed E-state index contributed by atoms with van der Waals surface area (Å²) in [6.45, 7) is 0. The van der Waals surface area contributed by atoms with Gasteiger partial charge in [-0.15, -0.1) is 0 Å². The highest BCUT2D eigenvalue weighted by molar-refractivity contribution is 9.10. The zero-order chi connectivity index (χ0) is 12.4. The Balaban J connectivity index is 1.56. The van der Waals surface area contributed by atoms with Crippen LogP contribution in [-0.2, 0) is 5.75 Å². The molecule has 3 rings (SSSR count). The van der Waals surface area contributed by atoms with Gasteiger partial charge in [-0.2, -0.15) is 0 Å². The van der Waals surface area contributed by atoms with Crippen molar-refractivity contribution in [3.05, 3.63) is 34.3 Å². The monoisotopic (exact) mass is 324 g/mol. The van der Waals surface area contributed by atoms with Crippen LogP contribution >= 0.6 is 27.7 Å². The highest BCUT2D eigenvalue weighted by Crippen LogP contribution is 2.28. The van der Waals surface area contributed by atoms with Crippen molar-refractivity contribution in [2.24, 2.45) is 4.99 Å². The summed E-state index contributed by atoms with van der Waals surface area (Å²) in [7, 11) is 0. The molecule has 18 heavy (non-hydrogen) atoms. The number of halogens is 1. The number of nitrogens with one attached hydrogen (secondary N) is 1. The van der Waals surface area contributed by atoms with Crippen LogP contribution in [-0.4, -0.2) is 17.3 Å². The number of fused-ring (bicyclic) bond motifs is 1. The lowest BCUT2D eigenvalue weighted by atomic mass is 9.92. The maximum Gasteiger partial charge on any atom is 0.157 e. The first-order valence-corrected chi connectivity index (χ1v) is 8.31. The van der Waals surface area contributed by atoms with Crippen molar-refractivity contribution in [2.75, 3.05) is 0 Å². The minimum absolute atomic E-state index is 0.547. The number of nitrogens with zero attached hydrogens (tertiary/aromatic N) is 1. The summed E-state index contributed by atoms with van der Waals surface area (Å²) in [5.41, 5.74) is 1.35. The van der Waals surface area contributed by atoms with Gasteiger partial charge in [0.05, 0.1) is 12.1 Å².